The molecule has 190 valence electrons. The van der Waals surface area contributed by atoms with E-state index in [1.807, 2.05) is 0 Å². The van der Waals surface area contributed by atoms with Gasteiger partial charge < -0.3 is 24.8 Å². The minimum atomic E-state index is -0.879. The fourth-order valence-electron chi connectivity index (χ4n) is 3.47. The molecule has 1 aromatic carbocycles. The number of nitrogens with one attached hydrogen (secondary N) is 3. The molecule has 1 aromatic heterocycles. The highest BCUT2D eigenvalue weighted by atomic mass is 16.5. The van der Waals surface area contributed by atoms with Gasteiger partial charge in [-0.05, 0) is 18.6 Å². The molecule has 0 spiro atoms. The second-order valence-corrected chi connectivity index (χ2v) is 7.75. The van der Waals surface area contributed by atoms with E-state index < -0.39 is 17.5 Å². The Morgan fingerprint density at radius 3 is 2.43 bits per heavy atom. The highest BCUT2D eigenvalue weighted by Crippen LogP contribution is 2.20. The lowest BCUT2D eigenvalue weighted by Crippen LogP contribution is -2.45. The Kier molecular flexibility index (Phi) is 10.1. The van der Waals surface area contributed by atoms with Crippen molar-refractivity contribution in [3.8, 4) is 0 Å². The topological polar surface area (TPSA) is 163 Å². The van der Waals surface area contributed by atoms with Crippen LogP contribution in [-0.2, 0) is 28.6 Å². The third-order valence-corrected chi connectivity index (χ3v) is 5.14. The number of fused-ring (bicyclic) bond motifs is 1. The van der Waals surface area contributed by atoms with E-state index in [4.69, 9.17) is 14.2 Å². The Bertz CT molecular complexity index is 1090. The molecule has 2 aromatic rings. The normalized spacial score (nSPS) is 15.7. The van der Waals surface area contributed by atoms with Crippen molar-refractivity contribution >= 4 is 34.3 Å². The van der Waals surface area contributed by atoms with Gasteiger partial charge in [-0.3, -0.25) is 24.5 Å². The van der Waals surface area contributed by atoms with E-state index >= 15 is 0 Å². The lowest BCUT2D eigenvalue weighted by atomic mass is 10.1. The van der Waals surface area contributed by atoms with Crippen molar-refractivity contribution in [2.24, 2.45) is 0 Å². The zero-order valence-electron chi connectivity index (χ0n) is 19.6. The Labute approximate surface area is 201 Å². The van der Waals surface area contributed by atoms with E-state index in [0.29, 0.717) is 69.3 Å². The third kappa shape index (κ3) is 7.80. The summed E-state index contributed by atoms with van der Waals surface area (Å²) in [5.41, 5.74) is 0.498. The molecular formula is C22H30N6O7. The number of hydrogen-bond acceptors (Lipinski definition) is 10. The number of rotatable bonds is 14. The molecule has 3 rings (SSSR count). The molecule has 13 heteroatoms. The number of nitrogens with zero attached hydrogens (tertiary/aromatic N) is 3. The van der Waals surface area contributed by atoms with Crippen molar-refractivity contribution in [1.29, 1.82) is 0 Å². The van der Waals surface area contributed by atoms with E-state index in [1.54, 1.807) is 18.2 Å². The maximum absolute atomic E-state index is 13.1. The van der Waals surface area contributed by atoms with Crippen LogP contribution in [0, 0.1) is 0 Å². The first-order chi connectivity index (χ1) is 17.0. The summed E-state index contributed by atoms with van der Waals surface area (Å²) >= 11 is 0. The summed E-state index contributed by atoms with van der Waals surface area (Å²) in [6.45, 7) is 4.85. The number of ether oxygens (including phenoxy) is 3. The van der Waals surface area contributed by atoms with E-state index in [1.165, 1.54) is 6.92 Å². The minimum absolute atomic E-state index is 0.0880. The van der Waals surface area contributed by atoms with Crippen LogP contribution in [0.3, 0.4) is 0 Å². The van der Waals surface area contributed by atoms with Gasteiger partial charge in [0.05, 0.1) is 45.0 Å². The standard InChI is InChI=1S/C22H30N6O7/c1-15(29)23-7-9-33-11-13-35-14-12-34-10-8-24-16-3-2-4-17-20(16)22(32)28(27-26-17)18-5-6-19(30)25-21(18)31/h2-4,18,24H,5-14H2,1H3,(H,23,29)(H,25,30,31). The Morgan fingerprint density at radius 1 is 1.06 bits per heavy atom. The van der Waals surface area contributed by atoms with Crippen molar-refractivity contribution in [2.75, 3.05) is 58.0 Å². The molecule has 1 fully saturated rings. The SMILES string of the molecule is CC(=O)NCCOCCOCCOCCNc1cccc2nnn(C3CCC(=O)NC3=O)c(=O)c12. The predicted molar refractivity (Wildman–Crippen MR) is 125 cm³/mol. The van der Waals surface area contributed by atoms with Crippen LogP contribution in [0.1, 0.15) is 25.8 Å². The molecule has 0 bridgehead atoms. The van der Waals surface area contributed by atoms with E-state index in [9.17, 15) is 19.2 Å². The van der Waals surface area contributed by atoms with Crippen molar-refractivity contribution in [3.05, 3.63) is 28.6 Å². The number of amides is 3. The number of benzene rings is 1. The lowest BCUT2D eigenvalue weighted by Gasteiger charge is -2.21. The molecule has 3 N–H and O–H groups in total. The summed E-state index contributed by atoms with van der Waals surface area (Å²) in [5, 5.41) is 16.3. The molecule has 35 heavy (non-hydrogen) atoms. The van der Waals surface area contributed by atoms with Gasteiger partial charge in [0.2, 0.25) is 11.8 Å². The Balaban J connectivity index is 1.41. The number of carbonyl (C=O) groups is 3. The summed E-state index contributed by atoms with van der Waals surface area (Å²) in [7, 11) is 0. The smallest absolute Gasteiger partial charge is 0.280 e. The molecule has 1 atom stereocenters. The van der Waals surface area contributed by atoms with Crippen LogP contribution < -0.4 is 21.5 Å². The van der Waals surface area contributed by atoms with Crippen LogP contribution in [0.5, 0.6) is 0 Å². The molecule has 1 unspecified atom stereocenters. The van der Waals surface area contributed by atoms with Gasteiger partial charge in [0, 0.05) is 32.1 Å². The van der Waals surface area contributed by atoms with Crippen molar-refractivity contribution in [1.82, 2.24) is 25.6 Å². The molecular weight excluding hydrogens is 460 g/mol. The Hall–Kier alpha value is -3.42. The van der Waals surface area contributed by atoms with Crippen LogP contribution in [0.15, 0.2) is 23.0 Å². The summed E-state index contributed by atoms with van der Waals surface area (Å²) < 4.78 is 17.3. The van der Waals surface area contributed by atoms with Crippen LogP contribution in [0.2, 0.25) is 0 Å². The predicted octanol–water partition coefficient (Wildman–Crippen LogP) is -0.633. The van der Waals surface area contributed by atoms with E-state index in [0.717, 1.165) is 4.68 Å². The quantitative estimate of drug-likeness (QED) is 0.229. The second-order valence-electron chi connectivity index (χ2n) is 7.75. The van der Waals surface area contributed by atoms with Crippen LogP contribution >= 0.6 is 0 Å². The highest BCUT2D eigenvalue weighted by Gasteiger charge is 2.30. The van der Waals surface area contributed by atoms with Crippen molar-refractivity contribution < 1.29 is 28.6 Å². The first-order valence-electron chi connectivity index (χ1n) is 11.4. The molecule has 13 nitrogen and oxygen atoms in total. The number of piperidine rings is 1. The van der Waals surface area contributed by atoms with Gasteiger partial charge in [-0.2, -0.15) is 4.68 Å². The monoisotopic (exact) mass is 490 g/mol. The van der Waals surface area contributed by atoms with Gasteiger partial charge in [-0.25, -0.2) is 0 Å². The molecule has 1 saturated heterocycles. The van der Waals surface area contributed by atoms with E-state index in [-0.39, 0.29) is 24.7 Å². The van der Waals surface area contributed by atoms with Gasteiger partial charge in [-0.15, -0.1) is 5.10 Å². The Morgan fingerprint density at radius 2 is 1.74 bits per heavy atom. The fourth-order valence-corrected chi connectivity index (χ4v) is 3.47. The second kappa shape index (κ2) is 13.5. The molecule has 3 amide bonds. The van der Waals surface area contributed by atoms with Gasteiger partial charge in [0.15, 0.2) is 0 Å². The van der Waals surface area contributed by atoms with Gasteiger partial charge in [0.25, 0.3) is 11.5 Å². The number of carbonyl (C=O) groups excluding carboxylic acids is 3. The highest BCUT2D eigenvalue weighted by molar-refractivity contribution is 5.99. The maximum atomic E-state index is 13.1. The van der Waals surface area contributed by atoms with Crippen LogP contribution in [0.4, 0.5) is 5.69 Å². The first-order valence-corrected chi connectivity index (χ1v) is 11.4. The molecule has 1 aliphatic heterocycles. The van der Waals surface area contributed by atoms with Crippen LogP contribution in [0.25, 0.3) is 10.9 Å². The molecule has 0 saturated carbocycles. The van der Waals surface area contributed by atoms with Crippen LogP contribution in [-0.4, -0.2) is 85.4 Å². The van der Waals surface area contributed by atoms with Gasteiger partial charge in [-0.1, -0.05) is 11.3 Å². The number of anilines is 1. The van der Waals surface area contributed by atoms with Crippen molar-refractivity contribution in [3.63, 3.8) is 0 Å². The van der Waals surface area contributed by atoms with Gasteiger partial charge in [0.1, 0.15) is 11.6 Å². The van der Waals surface area contributed by atoms with Gasteiger partial charge >= 0.3 is 0 Å². The summed E-state index contributed by atoms with van der Waals surface area (Å²) in [4.78, 5) is 47.4. The summed E-state index contributed by atoms with van der Waals surface area (Å²) in [6, 6.07) is 4.29. The maximum Gasteiger partial charge on any atom is 0.280 e. The number of imide groups is 1. The van der Waals surface area contributed by atoms with E-state index in [2.05, 4.69) is 26.3 Å². The molecule has 1 aliphatic rings. The zero-order chi connectivity index (χ0) is 25.0. The van der Waals surface area contributed by atoms with Crippen molar-refractivity contribution in [2.45, 2.75) is 25.8 Å². The minimum Gasteiger partial charge on any atom is -0.382 e. The average molecular weight is 491 g/mol. The zero-order valence-corrected chi connectivity index (χ0v) is 19.6. The summed E-state index contributed by atoms with van der Waals surface area (Å²) in [5.74, 6) is -1.02. The third-order valence-electron chi connectivity index (χ3n) is 5.14. The largest absolute Gasteiger partial charge is 0.382 e. The number of aromatic nitrogens is 3. The fraction of sp³-hybridized carbons (Fsp3) is 0.545. The lowest BCUT2D eigenvalue weighted by molar-refractivity contribution is -0.136. The average Bonchev–Trinajstić information content (AvgIpc) is 2.82. The molecule has 0 aliphatic carbocycles. The molecule has 2 heterocycles. The first kappa shape index (κ1) is 26.2. The number of hydrogen-bond donors (Lipinski definition) is 3. The summed E-state index contributed by atoms with van der Waals surface area (Å²) in [6.07, 6.45) is 0.328. The molecule has 0 radical (unpaired) electrons.